The first-order chi connectivity index (χ1) is 15.6. The third-order valence-electron chi connectivity index (χ3n) is 6.30. The monoisotopic (exact) mass is 446 g/mol. The van der Waals surface area contributed by atoms with E-state index < -0.39 is 0 Å². The van der Waals surface area contributed by atoms with Gasteiger partial charge in [-0.15, -0.1) is 0 Å². The molecule has 2 aromatic rings. The van der Waals surface area contributed by atoms with E-state index in [0.717, 1.165) is 11.1 Å². The number of benzene rings is 2. The van der Waals surface area contributed by atoms with Crippen molar-refractivity contribution in [3.8, 4) is 34.5 Å². The van der Waals surface area contributed by atoms with Crippen molar-refractivity contribution in [2.75, 3.05) is 55.9 Å². The largest absolute Gasteiger partial charge is 0.493 e. The summed E-state index contributed by atoms with van der Waals surface area (Å²) in [7, 11) is 9.62. The van der Waals surface area contributed by atoms with Gasteiger partial charge in [-0.2, -0.15) is 0 Å². The molecule has 0 bridgehead atoms. The van der Waals surface area contributed by atoms with Gasteiger partial charge in [0, 0.05) is 11.8 Å². The molecule has 0 spiro atoms. The second-order valence-electron chi connectivity index (χ2n) is 7.75. The van der Waals surface area contributed by atoms with E-state index in [1.165, 1.54) is 0 Å². The normalized spacial score (nSPS) is 24.1. The van der Waals surface area contributed by atoms with E-state index in [9.17, 15) is 0 Å². The van der Waals surface area contributed by atoms with Gasteiger partial charge in [0.25, 0.3) is 0 Å². The zero-order valence-electron chi connectivity index (χ0n) is 19.3. The fourth-order valence-corrected chi connectivity index (χ4v) is 4.77. The van der Waals surface area contributed by atoms with Gasteiger partial charge in [0.2, 0.25) is 11.5 Å². The summed E-state index contributed by atoms with van der Waals surface area (Å²) in [6.45, 7) is 1.15. The molecule has 2 heterocycles. The lowest BCUT2D eigenvalue weighted by Crippen LogP contribution is -2.15. The van der Waals surface area contributed by atoms with Crippen molar-refractivity contribution in [3.63, 3.8) is 0 Å². The van der Waals surface area contributed by atoms with E-state index in [1.807, 2.05) is 24.3 Å². The number of hydrogen-bond acceptors (Lipinski definition) is 8. The van der Waals surface area contributed by atoms with Gasteiger partial charge in [-0.05, 0) is 35.4 Å². The van der Waals surface area contributed by atoms with Crippen LogP contribution < -0.4 is 28.4 Å². The smallest absolute Gasteiger partial charge is 0.203 e. The molecule has 2 saturated heterocycles. The zero-order valence-corrected chi connectivity index (χ0v) is 19.3. The number of hydrogen-bond donors (Lipinski definition) is 0. The molecule has 0 amide bonds. The lowest BCUT2D eigenvalue weighted by molar-refractivity contribution is 0.0190. The van der Waals surface area contributed by atoms with Crippen molar-refractivity contribution in [2.24, 2.45) is 11.8 Å². The Kier molecular flexibility index (Phi) is 6.53. The first-order valence-corrected chi connectivity index (χ1v) is 10.4. The summed E-state index contributed by atoms with van der Waals surface area (Å²) in [5.74, 6) is 3.91. The van der Waals surface area contributed by atoms with Gasteiger partial charge < -0.3 is 37.9 Å². The molecule has 2 aliphatic rings. The standard InChI is InChI=1S/C24H30O8/c1-25-17-7-13(8-18(26-2)23(17)29-5)21-15-11-32-22(16(15)12-31-21)14-9-19(27-3)24(30-6)20(10-14)28-4/h7-10,15-16,21-22H,11-12H2,1-6H3/t15-,16-,21+,22?/m1/s1. The second kappa shape index (κ2) is 9.34. The highest BCUT2D eigenvalue weighted by molar-refractivity contribution is 5.55. The molecule has 0 aliphatic carbocycles. The molecule has 174 valence electrons. The highest BCUT2D eigenvalue weighted by Crippen LogP contribution is 2.53. The highest BCUT2D eigenvalue weighted by Gasteiger charge is 2.48. The van der Waals surface area contributed by atoms with Crippen LogP contribution in [-0.4, -0.2) is 55.9 Å². The Balaban J connectivity index is 1.64. The molecular formula is C24H30O8. The van der Waals surface area contributed by atoms with E-state index in [4.69, 9.17) is 37.9 Å². The number of ether oxygens (including phenoxy) is 8. The van der Waals surface area contributed by atoms with Gasteiger partial charge in [0.05, 0.1) is 68.1 Å². The van der Waals surface area contributed by atoms with Gasteiger partial charge >= 0.3 is 0 Å². The van der Waals surface area contributed by atoms with Crippen LogP contribution in [0.3, 0.4) is 0 Å². The number of rotatable bonds is 8. The second-order valence-corrected chi connectivity index (χ2v) is 7.75. The van der Waals surface area contributed by atoms with E-state index in [0.29, 0.717) is 47.7 Å². The topological polar surface area (TPSA) is 73.8 Å². The van der Waals surface area contributed by atoms with Crippen LogP contribution in [0.15, 0.2) is 24.3 Å². The summed E-state index contributed by atoms with van der Waals surface area (Å²) in [4.78, 5) is 0. The zero-order chi connectivity index (χ0) is 22.8. The molecular weight excluding hydrogens is 416 g/mol. The van der Waals surface area contributed by atoms with E-state index in [1.54, 1.807) is 42.7 Å². The molecule has 0 aromatic heterocycles. The molecule has 0 radical (unpaired) electrons. The molecule has 8 heteroatoms. The van der Waals surface area contributed by atoms with E-state index in [-0.39, 0.29) is 24.0 Å². The Morgan fingerprint density at radius 3 is 1.09 bits per heavy atom. The van der Waals surface area contributed by atoms with Crippen LogP contribution in [-0.2, 0) is 9.47 Å². The summed E-state index contributed by atoms with van der Waals surface area (Å²) >= 11 is 0. The van der Waals surface area contributed by atoms with E-state index >= 15 is 0 Å². The molecule has 1 unspecified atom stereocenters. The maximum absolute atomic E-state index is 6.27. The lowest BCUT2D eigenvalue weighted by Gasteiger charge is -2.20. The molecule has 2 fully saturated rings. The van der Waals surface area contributed by atoms with Crippen LogP contribution in [0.4, 0.5) is 0 Å². The predicted octanol–water partition coefficient (Wildman–Crippen LogP) is 3.81. The van der Waals surface area contributed by atoms with Crippen molar-refractivity contribution in [3.05, 3.63) is 35.4 Å². The minimum absolute atomic E-state index is 0.138. The van der Waals surface area contributed by atoms with Gasteiger partial charge in [-0.25, -0.2) is 0 Å². The summed E-state index contributed by atoms with van der Waals surface area (Å²) in [5, 5.41) is 0. The van der Waals surface area contributed by atoms with Crippen LogP contribution >= 0.6 is 0 Å². The molecule has 4 atom stereocenters. The fraction of sp³-hybridized carbons (Fsp3) is 0.500. The molecule has 8 nitrogen and oxygen atoms in total. The third kappa shape index (κ3) is 3.67. The summed E-state index contributed by atoms with van der Waals surface area (Å²) < 4.78 is 45.5. The molecule has 0 N–H and O–H groups in total. The minimum Gasteiger partial charge on any atom is -0.493 e. The fourth-order valence-electron chi connectivity index (χ4n) is 4.77. The van der Waals surface area contributed by atoms with Crippen LogP contribution in [0.25, 0.3) is 0 Å². The van der Waals surface area contributed by atoms with Crippen LogP contribution in [0.5, 0.6) is 34.5 Å². The third-order valence-corrected chi connectivity index (χ3v) is 6.30. The van der Waals surface area contributed by atoms with Crippen LogP contribution in [0, 0.1) is 11.8 Å². The maximum atomic E-state index is 6.27. The van der Waals surface area contributed by atoms with Crippen molar-refractivity contribution >= 4 is 0 Å². The average Bonchev–Trinajstić information content (AvgIpc) is 3.44. The molecule has 0 saturated carbocycles. The maximum Gasteiger partial charge on any atom is 0.203 e. The van der Waals surface area contributed by atoms with Gasteiger partial charge in [0.1, 0.15) is 0 Å². The lowest BCUT2D eigenvalue weighted by atomic mass is 9.84. The van der Waals surface area contributed by atoms with Gasteiger partial charge in [0.15, 0.2) is 23.0 Å². The Morgan fingerprint density at radius 1 is 0.531 bits per heavy atom. The highest BCUT2D eigenvalue weighted by atomic mass is 16.5. The Morgan fingerprint density at radius 2 is 0.844 bits per heavy atom. The minimum atomic E-state index is -0.138. The molecule has 2 aliphatic heterocycles. The number of fused-ring (bicyclic) bond motifs is 1. The summed E-state index contributed by atoms with van der Waals surface area (Å²) in [6.07, 6.45) is -0.276. The first kappa shape index (κ1) is 22.4. The van der Waals surface area contributed by atoms with Gasteiger partial charge in [-0.3, -0.25) is 0 Å². The Hall–Kier alpha value is -2.84. The quantitative estimate of drug-likeness (QED) is 0.606. The molecule has 4 rings (SSSR count). The van der Waals surface area contributed by atoms with Crippen molar-refractivity contribution < 1.29 is 37.9 Å². The van der Waals surface area contributed by atoms with Crippen molar-refractivity contribution in [1.29, 1.82) is 0 Å². The van der Waals surface area contributed by atoms with Crippen LogP contribution in [0.1, 0.15) is 23.3 Å². The first-order valence-electron chi connectivity index (χ1n) is 10.4. The Labute approximate surface area is 188 Å². The summed E-state index contributed by atoms with van der Waals surface area (Å²) in [5.41, 5.74) is 1.95. The van der Waals surface area contributed by atoms with Crippen molar-refractivity contribution in [1.82, 2.24) is 0 Å². The van der Waals surface area contributed by atoms with Gasteiger partial charge in [-0.1, -0.05) is 0 Å². The SMILES string of the molecule is COc1cc(C2OC[C@H]3[C@H](c4cc(OC)c(OC)c(OC)c4)OC[C@@H]23)cc(OC)c1OC. The van der Waals surface area contributed by atoms with Crippen LogP contribution in [0.2, 0.25) is 0 Å². The van der Waals surface area contributed by atoms with Crippen molar-refractivity contribution in [2.45, 2.75) is 12.2 Å². The average molecular weight is 446 g/mol. The van der Waals surface area contributed by atoms with E-state index in [2.05, 4.69) is 0 Å². The molecule has 32 heavy (non-hydrogen) atoms. The number of methoxy groups -OCH3 is 6. The Bertz CT molecular complexity index is 832. The predicted molar refractivity (Wildman–Crippen MR) is 117 cm³/mol. The molecule has 2 aromatic carbocycles. The summed E-state index contributed by atoms with van der Waals surface area (Å²) in [6, 6.07) is 7.78.